The Kier molecular flexibility index (Phi) is 5.47. The van der Waals surface area contributed by atoms with Crippen LogP contribution in [0.25, 0.3) is 0 Å². The van der Waals surface area contributed by atoms with Gasteiger partial charge in [-0.3, -0.25) is 4.98 Å². The van der Waals surface area contributed by atoms with Crippen LogP contribution in [0.5, 0.6) is 17.2 Å². The first-order valence-electron chi connectivity index (χ1n) is 9.59. The Morgan fingerprint density at radius 1 is 1.03 bits per heavy atom. The third-order valence-corrected chi connectivity index (χ3v) is 5.24. The van der Waals surface area contributed by atoms with Crippen molar-refractivity contribution in [2.24, 2.45) is 0 Å². The maximum Gasteiger partial charge on any atom is 0.322 e. The summed E-state index contributed by atoms with van der Waals surface area (Å²) >= 11 is 0. The van der Waals surface area contributed by atoms with Crippen LogP contribution >= 0.6 is 0 Å². The number of hydrogen-bond acceptors (Lipinski definition) is 5. The Balaban J connectivity index is 1.66. The summed E-state index contributed by atoms with van der Waals surface area (Å²) in [6.07, 6.45) is 5.52. The average Bonchev–Trinajstić information content (AvgIpc) is 3.27. The summed E-state index contributed by atoms with van der Waals surface area (Å²) in [6.45, 7) is 1.30. The average molecular weight is 408 g/mol. The van der Waals surface area contributed by atoms with Gasteiger partial charge in [-0.15, -0.1) is 0 Å². The van der Waals surface area contributed by atoms with Crippen molar-refractivity contribution in [1.29, 1.82) is 0 Å². The number of anilines is 1. The number of methoxy groups -OCH3 is 3. The maximum atomic E-state index is 13.3. The summed E-state index contributed by atoms with van der Waals surface area (Å²) in [5.74, 6) is 1.43. The molecule has 2 amide bonds. The molecule has 1 N–H and O–H groups in total. The molecule has 8 heteroatoms. The molecule has 1 aliphatic heterocycles. The van der Waals surface area contributed by atoms with Gasteiger partial charge in [0.2, 0.25) is 5.75 Å². The molecule has 1 aliphatic rings. The molecule has 4 rings (SSSR count). The molecule has 8 nitrogen and oxygen atoms in total. The number of benzene rings is 1. The van der Waals surface area contributed by atoms with E-state index in [-0.39, 0.29) is 12.1 Å². The largest absolute Gasteiger partial charge is 0.493 e. The van der Waals surface area contributed by atoms with Crippen molar-refractivity contribution in [1.82, 2.24) is 14.5 Å². The lowest BCUT2D eigenvalue weighted by molar-refractivity contribution is 0.182. The Morgan fingerprint density at radius 2 is 1.73 bits per heavy atom. The molecule has 0 fully saturated rings. The molecule has 0 aliphatic carbocycles. The van der Waals surface area contributed by atoms with Crippen LogP contribution < -0.4 is 19.5 Å². The van der Waals surface area contributed by atoms with E-state index in [1.807, 2.05) is 35.4 Å². The number of urea groups is 1. The molecule has 1 aromatic carbocycles. The van der Waals surface area contributed by atoms with Crippen molar-refractivity contribution in [3.8, 4) is 17.2 Å². The second-order valence-electron chi connectivity index (χ2n) is 6.85. The maximum absolute atomic E-state index is 13.3. The number of ether oxygens (including phenoxy) is 3. The summed E-state index contributed by atoms with van der Waals surface area (Å²) < 4.78 is 18.3. The number of carbonyl (C=O) groups excluding carboxylic acids is 1. The summed E-state index contributed by atoms with van der Waals surface area (Å²) in [4.78, 5) is 19.3. The predicted octanol–water partition coefficient (Wildman–Crippen LogP) is 3.55. The van der Waals surface area contributed by atoms with Crippen LogP contribution in [0.4, 0.5) is 10.5 Å². The highest BCUT2D eigenvalue weighted by atomic mass is 16.5. The minimum absolute atomic E-state index is 0.209. The number of carbonyl (C=O) groups is 1. The SMILES string of the molecule is COc1cc(NC(=O)N2CCn3cccc3[C@H]2c2ccncc2)cc(OC)c1OC. The standard InChI is InChI=1S/C22H24N4O4/c1-28-18-13-16(14-19(29-2)21(18)30-3)24-22(27)26-12-11-25-10-4-5-17(25)20(26)15-6-8-23-9-7-15/h4-10,13-14,20H,11-12H2,1-3H3,(H,24,27)/t20-/m1/s1. The van der Waals surface area contributed by atoms with E-state index in [1.165, 1.54) is 0 Å². The van der Waals surface area contributed by atoms with E-state index in [1.54, 1.807) is 45.9 Å². The molecular formula is C22H24N4O4. The van der Waals surface area contributed by atoms with Crippen molar-refractivity contribution in [2.75, 3.05) is 33.2 Å². The molecule has 1 atom stereocenters. The van der Waals surface area contributed by atoms with Crippen LogP contribution in [0.1, 0.15) is 17.3 Å². The number of pyridine rings is 1. The zero-order chi connectivity index (χ0) is 21.1. The van der Waals surface area contributed by atoms with Crippen LogP contribution in [-0.2, 0) is 6.54 Å². The topological polar surface area (TPSA) is 77.9 Å². The number of hydrogen-bond donors (Lipinski definition) is 1. The van der Waals surface area contributed by atoms with Gasteiger partial charge in [0.05, 0.1) is 33.1 Å². The summed E-state index contributed by atoms with van der Waals surface area (Å²) in [6, 6.07) is 10.9. The van der Waals surface area contributed by atoms with Crippen LogP contribution in [0.3, 0.4) is 0 Å². The fraction of sp³-hybridized carbons (Fsp3) is 0.273. The fourth-order valence-electron chi connectivity index (χ4n) is 3.85. The molecule has 156 valence electrons. The Morgan fingerprint density at radius 3 is 2.37 bits per heavy atom. The van der Waals surface area contributed by atoms with Crippen molar-refractivity contribution in [3.63, 3.8) is 0 Å². The first-order chi connectivity index (χ1) is 14.7. The molecule has 2 aromatic heterocycles. The molecule has 0 radical (unpaired) electrons. The number of fused-ring (bicyclic) bond motifs is 1. The quantitative estimate of drug-likeness (QED) is 0.699. The first kappa shape index (κ1) is 19.6. The van der Waals surface area contributed by atoms with E-state index in [2.05, 4.69) is 14.9 Å². The number of nitrogens with zero attached hydrogens (tertiary/aromatic N) is 3. The normalized spacial score (nSPS) is 15.3. The molecule has 3 aromatic rings. The van der Waals surface area contributed by atoms with Crippen molar-refractivity contribution >= 4 is 11.7 Å². The highest BCUT2D eigenvalue weighted by molar-refractivity contribution is 5.91. The van der Waals surface area contributed by atoms with Crippen molar-refractivity contribution < 1.29 is 19.0 Å². The molecule has 30 heavy (non-hydrogen) atoms. The van der Waals surface area contributed by atoms with Gasteiger partial charge in [-0.1, -0.05) is 0 Å². The summed E-state index contributed by atoms with van der Waals surface area (Å²) in [7, 11) is 4.63. The van der Waals surface area contributed by atoms with Gasteiger partial charge in [-0.25, -0.2) is 4.79 Å². The van der Waals surface area contributed by atoms with Gasteiger partial charge in [0, 0.05) is 49.5 Å². The van der Waals surface area contributed by atoms with Gasteiger partial charge in [0.15, 0.2) is 11.5 Å². The number of rotatable bonds is 5. The summed E-state index contributed by atoms with van der Waals surface area (Å²) in [5, 5.41) is 2.98. The summed E-state index contributed by atoms with van der Waals surface area (Å²) in [5.41, 5.74) is 2.63. The van der Waals surface area contributed by atoms with E-state index in [9.17, 15) is 4.79 Å². The third-order valence-electron chi connectivity index (χ3n) is 5.24. The Bertz CT molecular complexity index is 1010. The van der Waals surface area contributed by atoms with Crippen LogP contribution in [0.15, 0.2) is 55.0 Å². The van der Waals surface area contributed by atoms with Crippen LogP contribution in [-0.4, -0.2) is 48.4 Å². The van der Waals surface area contributed by atoms with E-state index < -0.39 is 0 Å². The molecule has 0 saturated heterocycles. The highest BCUT2D eigenvalue weighted by Gasteiger charge is 2.32. The Hall–Kier alpha value is -3.68. The van der Waals surface area contributed by atoms with Gasteiger partial charge in [0.25, 0.3) is 0 Å². The van der Waals surface area contributed by atoms with Crippen LogP contribution in [0.2, 0.25) is 0 Å². The van der Waals surface area contributed by atoms with Crippen molar-refractivity contribution in [2.45, 2.75) is 12.6 Å². The van der Waals surface area contributed by atoms with Crippen molar-refractivity contribution in [3.05, 3.63) is 66.2 Å². The molecule has 3 heterocycles. The lowest BCUT2D eigenvalue weighted by atomic mass is 10.0. The second-order valence-corrected chi connectivity index (χ2v) is 6.85. The lowest BCUT2D eigenvalue weighted by Gasteiger charge is -2.37. The molecule has 0 unspecified atom stereocenters. The third kappa shape index (κ3) is 3.52. The lowest BCUT2D eigenvalue weighted by Crippen LogP contribution is -2.44. The smallest absolute Gasteiger partial charge is 0.322 e. The second kappa shape index (κ2) is 8.36. The molecule has 0 saturated carbocycles. The van der Waals surface area contributed by atoms with E-state index in [0.29, 0.717) is 29.5 Å². The minimum Gasteiger partial charge on any atom is -0.493 e. The zero-order valence-corrected chi connectivity index (χ0v) is 17.2. The van der Waals surface area contributed by atoms with Gasteiger partial charge in [-0.05, 0) is 29.8 Å². The van der Waals surface area contributed by atoms with E-state index in [4.69, 9.17) is 14.2 Å². The monoisotopic (exact) mass is 408 g/mol. The van der Waals surface area contributed by atoms with Gasteiger partial charge in [0.1, 0.15) is 0 Å². The van der Waals surface area contributed by atoms with Gasteiger partial charge < -0.3 is 29.0 Å². The number of amides is 2. The molecular weight excluding hydrogens is 384 g/mol. The minimum atomic E-state index is -0.210. The fourth-order valence-corrected chi connectivity index (χ4v) is 3.85. The molecule has 0 bridgehead atoms. The predicted molar refractivity (Wildman–Crippen MR) is 112 cm³/mol. The Labute approximate surface area is 175 Å². The van der Waals surface area contributed by atoms with Crippen LogP contribution in [0, 0.1) is 0 Å². The van der Waals surface area contributed by atoms with Gasteiger partial charge >= 0.3 is 6.03 Å². The highest BCUT2D eigenvalue weighted by Crippen LogP contribution is 2.40. The van der Waals surface area contributed by atoms with E-state index in [0.717, 1.165) is 17.8 Å². The number of nitrogens with one attached hydrogen (secondary N) is 1. The van der Waals surface area contributed by atoms with Gasteiger partial charge in [-0.2, -0.15) is 0 Å². The molecule has 0 spiro atoms. The first-order valence-corrected chi connectivity index (χ1v) is 9.59. The van der Waals surface area contributed by atoms with E-state index >= 15 is 0 Å². The zero-order valence-electron chi connectivity index (χ0n) is 17.2. The number of aromatic nitrogens is 2.